The molecule has 1 heterocycles. The summed E-state index contributed by atoms with van der Waals surface area (Å²) in [5, 5.41) is 4.15. The van der Waals surface area contributed by atoms with E-state index in [1.165, 1.54) is 5.56 Å². The highest BCUT2D eigenvalue weighted by Gasteiger charge is 2.04. The SMILES string of the molecule is CCNc1ncc(COc2cc(C)ccc2C)s1. The lowest BCUT2D eigenvalue weighted by Gasteiger charge is -2.08. The van der Waals surface area contributed by atoms with Gasteiger partial charge in [0.05, 0.1) is 4.88 Å². The second-order valence-corrected chi connectivity index (χ2v) is 5.33. The highest BCUT2D eigenvalue weighted by molar-refractivity contribution is 7.15. The van der Waals surface area contributed by atoms with Crippen LogP contribution in [0.15, 0.2) is 24.4 Å². The maximum absolute atomic E-state index is 5.84. The molecule has 0 saturated heterocycles. The number of hydrogen-bond acceptors (Lipinski definition) is 4. The zero-order chi connectivity index (χ0) is 13.0. The number of aryl methyl sites for hydroxylation is 2. The first-order chi connectivity index (χ1) is 8.69. The van der Waals surface area contributed by atoms with Crippen LogP contribution in [0.5, 0.6) is 5.75 Å². The normalized spacial score (nSPS) is 10.4. The predicted molar refractivity (Wildman–Crippen MR) is 76.5 cm³/mol. The summed E-state index contributed by atoms with van der Waals surface area (Å²) >= 11 is 1.64. The summed E-state index contributed by atoms with van der Waals surface area (Å²) in [6.07, 6.45) is 1.87. The number of aromatic nitrogens is 1. The monoisotopic (exact) mass is 262 g/mol. The smallest absolute Gasteiger partial charge is 0.182 e. The number of hydrogen-bond donors (Lipinski definition) is 1. The van der Waals surface area contributed by atoms with Gasteiger partial charge in [0.1, 0.15) is 12.4 Å². The zero-order valence-electron chi connectivity index (χ0n) is 11.0. The lowest BCUT2D eigenvalue weighted by molar-refractivity contribution is 0.307. The number of ether oxygens (including phenoxy) is 1. The molecule has 0 unspecified atom stereocenters. The standard InChI is InChI=1S/C14H18N2OS/c1-4-15-14-16-8-12(18-14)9-17-13-7-10(2)5-6-11(13)3/h5-8H,4,9H2,1-3H3,(H,15,16). The molecule has 0 fully saturated rings. The van der Waals surface area contributed by atoms with E-state index in [1.54, 1.807) is 11.3 Å². The van der Waals surface area contributed by atoms with Crippen LogP contribution in [0.4, 0.5) is 5.13 Å². The summed E-state index contributed by atoms with van der Waals surface area (Å²) in [6.45, 7) is 7.67. The van der Waals surface area contributed by atoms with Crippen molar-refractivity contribution in [2.24, 2.45) is 0 Å². The number of rotatable bonds is 5. The van der Waals surface area contributed by atoms with E-state index >= 15 is 0 Å². The molecule has 0 spiro atoms. The highest BCUT2D eigenvalue weighted by Crippen LogP contribution is 2.23. The topological polar surface area (TPSA) is 34.2 Å². The van der Waals surface area contributed by atoms with Gasteiger partial charge in [-0.25, -0.2) is 4.98 Å². The lowest BCUT2D eigenvalue weighted by Crippen LogP contribution is -1.95. The first-order valence-corrected chi connectivity index (χ1v) is 6.89. The van der Waals surface area contributed by atoms with E-state index < -0.39 is 0 Å². The molecule has 0 saturated carbocycles. The Balaban J connectivity index is 1.99. The Labute approximate surface area is 112 Å². The summed E-state index contributed by atoms with van der Waals surface area (Å²) < 4.78 is 5.84. The molecule has 4 heteroatoms. The molecule has 1 aromatic heterocycles. The van der Waals surface area contributed by atoms with Crippen molar-refractivity contribution in [1.82, 2.24) is 4.98 Å². The van der Waals surface area contributed by atoms with Crippen LogP contribution in [0.1, 0.15) is 22.9 Å². The Morgan fingerprint density at radius 3 is 2.94 bits per heavy atom. The van der Waals surface area contributed by atoms with Crippen molar-refractivity contribution in [1.29, 1.82) is 0 Å². The van der Waals surface area contributed by atoms with Gasteiger partial charge in [0.2, 0.25) is 0 Å². The van der Waals surface area contributed by atoms with Gasteiger partial charge in [-0.3, -0.25) is 0 Å². The van der Waals surface area contributed by atoms with Gasteiger partial charge in [0.15, 0.2) is 5.13 Å². The number of nitrogens with one attached hydrogen (secondary N) is 1. The summed E-state index contributed by atoms with van der Waals surface area (Å²) in [4.78, 5) is 5.42. The largest absolute Gasteiger partial charge is 0.488 e. The van der Waals surface area contributed by atoms with Crippen LogP contribution >= 0.6 is 11.3 Å². The third-order valence-electron chi connectivity index (χ3n) is 2.60. The Morgan fingerprint density at radius 1 is 1.33 bits per heavy atom. The average molecular weight is 262 g/mol. The van der Waals surface area contributed by atoms with Crippen molar-refractivity contribution in [3.05, 3.63) is 40.4 Å². The molecular formula is C14H18N2OS. The van der Waals surface area contributed by atoms with Crippen LogP contribution in [0.25, 0.3) is 0 Å². The van der Waals surface area contributed by atoms with Crippen molar-refractivity contribution in [2.45, 2.75) is 27.4 Å². The van der Waals surface area contributed by atoms with Crippen LogP contribution in [0.3, 0.4) is 0 Å². The number of nitrogens with zero attached hydrogens (tertiary/aromatic N) is 1. The van der Waals surface area contributed by atoms with Crippen molar-refractivity contribution >= 4 is 16.5 Å². The molecule has 18 heavy (non-hydrogen) atoms. The maximum Gasteiger partial charge on any atom is 0.182 e. The van der Waals surface area contributed by atoms with Crippen LogP contribution in [-0.2, 0) is 6.61 Å². The Kier molecular flexibility index (Phi) is 4.20. The molecule has 2 aromatic rings. The summed E-state index contributed by atoms with van der Waals surface area (Å²) in [7, 11) is 0. The molecular weight excluding hydrogens is 244 g/mol. The zero-order valence-corrected chi connectivity index (χ0v) is 11.8. The summed E-state index contributed by atoms with van der Waals surface area (Å²) in [6, 6.07) is 6.25. The van der Waals surface area contributed by atoms with Crippen LogP contribution in [-0.4, -0.2) is 11.5 Å². The Bertz CT molecular complexity index is 522. The van der Waals surface area contributed by atoms with Crippen LogP contribution in [0, 0.1) is 13.8 Å². The quantitative estimate of drug-likeness (QED) is 0.890. The molecule has 1 aromatic carbocycles. The van der Waals surface area contributed by atoms with Gasteiger partial charge in [0, 0.05) is 12.7 Å². The maximum atomic E-state index is 5.84. The number of benzene rings is 1. The molecule has 3 nitrogen and oxygen atoms in total. The van der Waals surface area contributed by atoms with Gasteiger partial charge >= 0.3 is 0 Å². The number of anilines is 1. The minimum Gasteiger partial charge on any atom is -0.488 e. The first kappa shape index (κ1) is 12.9. The molecule has 0 aliphatic rings. The van der Waals surface area contributed by atoms with E-state index in [4.69, 9.17) is 4.74 Å². The molecule has 0 amide bonds. The highest BCUT2D eigenvalue weighted by atomic mass is 32.1. The lowest BCUT2D eigenvalue weighted by atomic mass is 10.1. The number of thiazole rings is 1. The van der Waals surface area contributed by atoms with E-state index in [0.29, 0.717) is 6.61 Å². The molecule has 2 rings (SSSR count). The first-order valence-electron chi connectivity index (χ1n) is 6.07. The van der Waals surface area contributed by atoms with Crippen LogP contribution < -0.4 is 10.1 Å². The molecule has 0 atom stereocenters. The van der Waals surface area contributed by atoms with Gasteiger partial charge in [-0.05, 0) is 38.0 Å². The fourth-order valence-electron chi connectivity index (χ4n) is 1.62. The van der Waals surface area contributed by atoms with Gasteiger partial charge in [-0.1, -0.05) is 23.5 Å². The molecule has 0 bridgehead atoms. The fourth-order valence-corrected chi connectivity index (χ4v) is 2.41. The third-order valence-corrected chi connectivity index (χ3v) is 3.52. The van der Waals surface area contributed by atoms with E-state index in [9.17, 15) is 0 Å². The second-order valence-electron chi connectivity index (χ2n) is 4.22. The molecule has 0 aliphatic heterocycles. The van der Waals surface area contributed by atoms with Crippen molar-refractivity contribution in [3.63, 3.8) is 0 Å². The van der Waals surface area contributed by atoms with Crippen LogP contribution in [0.2, 0.25) is 0 Å². The minimum absolute atomic E-state index is 0.577. The van der Waals surface area contributed by atoms with E-state index in [2.05, 4.69) is 49.3 Å². The van der Waals surface area contributed by atoms with E-state index in [0.717, 1.165) is 27.9 Å². The summed E-state index contributed by atoms with van der Waals surface area (Å²) in [5.41, 5.74) is 2.38. The molecule has 0 radical (unpaired) electrons. The van der Waals surface area contributed by atoms with Crippen molar-refractivity contribution in [2.75, 3.05) is 11.9 Å². The molecule has 96 valence electrons. The van der Waals surface area contributed by atoms with Gasteiger partial charge in [0.25, 0.3) is 0 Å². The molecule has 0 aliphatic carbocycles. The van der Waals surface area contributed by atoms with Crippen molar-refractivity contribution in [3.8, 4) is 5.75 Å². The minimum atomic E-state index is 0.577. The Hall–Kier alpha value is -1.55. The fraction of sp³-hybridized carbons (Fsp3) is 0.357. The molecule has 1 N–H and O–H groups in total. The Morgan fingerprint density at radius 2 is 2.17 bits per heavy atom. The second kappa shape index (κ2) is 5.87. The van der Waals surface area contributed by atoms with Gasteiger partial charge in [-0.2, -0.15) is 0 Å². The predicted octanol–water partition coefficient (Wildman–Crippen LogP) is 3.77. The average Bonchev–Trinajstić information content (AvgIpc) is 2.79. The summed E-state index contributed by atoms with van der Waals surface area (Å²) in [5.74, 6) is 0.952. The van der Waals surface area contributed by atoms with Crippen molar-refractivity contribution < 1.29 is 4.74 Å². The van der Waals surface area contributed by atoms with E-state index in [-0.39, 0.29) is 0 Å². The van der Waals surface area contributed by atoms with Gasteiger partial charge in [-0.15, -0.1) is 0 Å². The van der Waals surface area contributed by atoms with Gasteiger partial charge < -0.3 is 10.1 Å². The third kappa shape index (κ3) is 3.23. The van der Waals surface area contributed by atoms with E-state index in [1.807, 2.05) is 6.20 Å².